The quantitative estimate of drug-likeness (QED) is 0.819. The SMILES string of the molecule is C1=[NH+]CCC(c2ccccc2)(c2ccccc2)C1. The van der Waals surface area contributed by atoms with Gasteiger partial charge in [-0.3, -0.25) is 4.99 Å². The van der Waals surface area contributed by atoms with Gasteiger partial charge >= 0.3 is 0 Å². The second-order valence-electron chi connectivity index (χ2n) is 4.93. The molecule has 1 aliphatic heterocycles. The van der Waals surface area contributed by atoms with Crippen LogP contribution in [0.4, 0.5) is 0 Å². The number of benzene rings is 2. The van der Waals surface area contributed by atoms with Crippen LogP contribution < -0.4 is 4.99 Å². The van der Waals surface area contributed by atoms with E-state index in [-0.39, 0.29) is 5.41 Å². The molecule has 0 saturated heterocycles. The molecule has 0 unspecified atom stereocenters. The number of hydrogen-bond donors (Lipinski definition) is 1. The Morgan fingerprint density at radius 1 is 0.778 bits per heavy atom. The Hall–Kier alpha value is -1.89. The minimum atomic E-state index is 0.147. The average Bonchev–Trinajstić information content (AvgIpc) is 2.50. The standard InChI is InChI=1S/C17H17N/c1-3-7-15(8-4-1)17(11-13-18-14-12-17)16-9-5-2-6-10-16/h1-10,13H,11-12,14H2/p+1. The van der Waals surface area contributed by atoms with Gasteiger partial charge < -0.3 is 0 Å². The summed E-state index contributed by atoms with van der Waals surface area (Å²) < 4.78 is 0. The van der Waals surface area contributed by atoms with Crippen LogP contribution in [0.15, 0.2) is 60.7 Å². The minimum absolute atomic E-state index is 0.147. The molecule has 0 aliphatic carbocycles. The fourth-order valence-electron chi connectivity index (χ4n) is 2.94. The van der Waals surface area contributed by atoms with E-state index in [4.69, 9.17) is 0 Å². The van der Waals surface area contributed by atoms with Crippen molar-refractivity contribution in [3.8, 4) is 0 Å². The third kappa shape index (κ3) is 1.86. The molecule has 2 aromatic rings. The van der Waals surface area contributed by atoms with Crippen LogP contribution in [0.3, 0.4) is 0 Å². The van der Waals surface area contributed by atoms with Crippen LogP contribution >= 0.6 is 0 Å². The lowest BCUT2D eigenvalue weighted by atomic mass is 9.69. The first kappa shape index (κ1) is 11.2. The summed E-state index contributed by atoms with van der Waals surface area (Å²) in [7, 11) is 0. The van der Waals surface area contributed by atoms with Crippen molar-refractivity contribution in [2.75, 3.05) is 6.54 Å². The van der Waals surface area contributed by atoms with Gasteiger partial charge in [0.1, 0.15) is 12.8 Å². The monoisotopic (exact) mass is 236 g/mol. The molecule has 1 heteroatoms. The lowest BCUT2D eigenvalue weighted by molar-refractivity contribution is -0.460. The summed E-state index contributed by atoms with van der Waals surface area (Å²) in [6.07, 6.45) is 4.42. The number of nitrogens with one attached hydrogen (secondary N) is 1. The van der Waals surface area contributed by atoms with Gasteiger partial charge in [-0.25, -0.2) is 0 Å². The summed E-state index contributed by atoms with van der Waals surface area (Å²) in [5.74, 6) is 0. The summed E-state index contributed by atoms with van der Waals surface area (Å²) >= 11 is 0. The van der Waals surface area contributed by atoms with Crippen molar-refractivity contribution in [2.24, 2.45) is 0 Å². The minimum Gasteiger partial charge on any atom is -0.252 e. The molecule has 1 N–H and O–H groups in total. The van der Waals surface area contributed by atoms with Crippen LogP contribution in [0, 0.1) is 0 Å². The Morgan fingerprint density at radius 2 is 1.33 bits per heavy atom. The van der Waals surface area contributed by atoms with Gasteiger partial charge in [0.25, 0.3) is 0 Å². The predicted octanol–water partition coefficient (Wildman–Crippen LogP) is 1.92. The molecule has 2 aromatic carbocycles. The van der Waals surface area contributed by atoms with Crippen LogP contribution in [-0.2, 0) is 5.41 Å². The van der Waals surface area contributed by atoms with E-state index < -0.39 is 0 Å². The maximum absolute atomic E-state index is 3.35. The van der Waals surface area contributed by atoms with E-state index in [1.54, 1.807) is 0 Å². The molecule has 90 valence electrons. The Bertz CT molecular complexity index is 489. The second-order valence-corrected chi connectivity index (χ2v) is 4.93. The van der Waals surface area contributed by atoms with Crippen LogP contribution in [0.25, 0.3) is 0 Å². The molecule has 18 heavy (non-hydrogen) atoms. The molecule has 0 radical (unpaired) electrons. The van der Waals surface area contributed by atoms with Crippen LogP contribution in [0.1, 0.15) is 24.0 Å². The van der Waals surface area contributed by atoms with Crippen molar-refractivity contribution in [2.45, 2.75) is 18.3 Å². The van der Waals surface area contributed by atoms with Crippen LogP contribution in [0.2, 0.25) is 0 Å². The van der Waals surface area contributed by atoms with E-state index in [1.165, 1.54) is 11.1 Å². The second kappa shape index (κ2) is 4.77. The summed E-state index contributed by atoms with van der Waals surface area (Å²) in [5.41, 5.74) is 3.00. The molecule has 0 fully saturated rings. The normalized spacial score (nSPS) is 17.6. The van der Waals surface area contributed by atoms with Gasteiger partial charge in [-0.1, -0.05) is 60.7 Å². The van der Waals surface area contributed by atoms with Gasteiger partial charge in [0.05, 0.1) is 0 Å². The summed E-state index contributed by atoms with van der Waals surface area (Å²) in [4.78, 5) is 3.35. The van der Waals surface area contributed by atoms with E-state index in [0.717, 1.165) is 19.4 Å². The molecule has 1 heterocycles. The van der Waals surface area contributed by atoms with Gasteiger partial charge in [-0.2, -0.15) is 0 Å². The van der Waals surface area contributed by atoms with E-state index in [0.29, 0.717) is 0 Å². The van der Waals surface area contributed by atoms with Crippen molar-refractivity contribution in [3.05, 3.63) is 71.8 Å². The predicted molar refractivity (Wildman–Crippen MR) is 74.8 cm³/mol. The van der Waals surface area contributed by atoms with Gasteiger partial charge in [-0.05, 0) is 11.1 Å². The Balaban J connectivity index is 2.13. The molecular weight excluding hydrogens is 218 g/mol. The van der Waals surface area contributed by atoms with E-state index in [9.17, 15) is 0 Å². The largest absolute Gasteiger partial charge is 0.252 e. The molecule has 0 amide bonds. The number of rotatable bonds is 2. The maximum atomic E-state index is 3.35. The molecule has 3 rings (SSSR count). The van der Waals surface area contributed by atoms with Gasteiger partial charge in [0, 0.05) is 18.3 Å². The summed E-state index contributed by atoms with van der Waals surface area (Å²) in [6, 6.07) is 21.8. The smallest absolute Gasteiger partial charge is 0.141 e. The Labute approximate surface area is 108 Å². The zero-order valence-electron chi connectivity index (χ0n) is 10.5. The molecule has 0 aromatic heterocycles. The third-order valence-electron chi connectivity index (χ3n) is 3.94. The van der Waals surface area contributed by atoms with E-state index >= 15 is 0 Å². The maximum Gasteiger partial charge on any atom is 0.141 e. The highest BCUT2D eigenvalue weighted by atomic mass is 14.7. The first-order chi connectivity index (χ1) is 8.92. The highest BCUT2D eigenvalue weighted by Crippen LogP contribution is 2.38. The molecule has 1 nitrogen and oxygen atoms in total. The molecular formula is C17H18N+. The fourth-order valence-corrected chi connectivity index (χ4v) is 2.94. The number of hydrogen-bond acceptors (Lipinski definition) is 0. The summed E-state index contributed by atoms with van der Waals surface area (Å²) in [6.45, 7) is 1.05. The molecule has 0 atom stereocenters. The molecule has 0 saturated carbocycles. The first-order valence-electron chi connectivity index (χ1n) is 6.58. The van der Waals surface area contributed by atoms with Gasteiger partial charge in [0.2, 0.25) is 0 Å². The lowest BCUT2D eigenvalue weighted by Crippen LogP contribution is -2.73. The van der Waals surface area contributed by atoms with Crippen molar-refractivity contribution >= 4 is 6.21 Å². The Kier molecular flexibility index (Phi) is 2.97. The zero-order chi connectivity index (χ0) is 12.3. The van der Waals surface area contributed by atoms with Crippen molar-refractivity contribution in [3.63, 3.8) is 0 Å². The summed E-state index contributed by atoms with van der Waals surface area (Å²) in [5, 5.41) is 0. The van der Waals surface area contributed by atoms with E-state index in [1.807, 2.05) is 0 Å². The van der Waals surface area contributed by atoms with Crippen molar-refractivity contribution in [1.29, 1.82) is 0 Å². The lowest BCUT2D eigenvalue weighted by Gasteiger charge is -2.33. The van der Waals surface area contributed by atoms with Crippen molar-refractivity contribution < 1.29 is 4.99 Å². The fraction of sp³-hybridized carbons (Fsp3) is 0.235. The van der Waals surface area contributed by atoms with E-state index in [2.05, 4.69) is 71.9 Å². The molecule has 0 bridgehead atoms. The van der Waals surface area contributed by atoms with Crippen LogP contribution in [0.5, 0.6) is 0 Å². The van der Waals surface area contributed by atoms with Gasteiger partial charge in [0.15, 0.2) is 0 Å². The topological polar surface area (TPSA) is 14.0 Å². The Morgan fingerprint density at radius 3 is 1.78 bits per heavy atom. The molecule has 0 spiro atoms. The third-order valence-corrected chi connectivity index (χ3v) is 3.94. The van der Waals surface area contributed by atoms with Crippen LogP contribution in [-0.4, -0.2) is 12.8 Å². The molecule has 1 aliphatic rings. The average molecular weight is 236 g/mol. The first-order valence-corrected chi connectivity index (χ1v) is 6.58. The zero-order valence-corrected chi connectivity index (χ0v) is 10.5. The highest BCUT2D eigenvalue weighted by molar-refractivity contribution is 5.58. The van der Waals surface area contributed by atoms with Crippen molar-refractivity contribution in [1.82, 2.24) is 0 Å². The highest BCUT2D eigenvalue weighted by Gasteiger charge is 2.36. The van der Waals surface area contributed by atoms with Gasteiger partial charge in [-0.15, -0.1) is 0 Å².